The van der Waals surface area contributed by atoms with Crippen molar-refractivity contribution in [3.05, 3.63) is 36.4 Å². The Kier molecular flexibility index (Phi) is 13.2. The second-order valence-electron chi connectivity index (χ2n) is 16.5. The first-order chi connectivity index (χ1) is 24.1. The maximum absolute atomic E-state index is 10.7. The second kappa shape index (κ2) is 15.0. The van der Waals surface area contributed by atoms with Gasteiger partial charge in [0.05, 0.1) is 39.3 Å². The zero-order valence-electron chi connectivity index (χ0n) is 33.0. The van der Waals surface area contributed by atoms with Crippen molar-refractivity contribution in [2.75, 3.05) is 13.2 Å². The molecule has 2 atom stereocenters. The predicted molar refractivity (Wildman–Crippen MR) is 191 cm³/mol. The Morgan fingerprint density at radius 3 is 1.11 bits per heavy atom. The van der Waals surface area contributed by atoms with Gasteiger partial charge in [-0.05, 0) is 49.4 Å². The molecule has 0 amide bonds. The summed E-state index contributed by atoms with van der Waals surface area (Å²) in [7, 11) is -17.1. The Balaban J connectivity index is 0.000000633. The number of hydrogen-bond acceptors (Lipinski definition) is 4. The van der Waals surface area contributed by atoms with Crippen molar-refractivity contribution in [1.82, 2.24) is 9.13 Å². The molecule has 2 aliphatic rings. The summed E-state index contributed by atoms with van der Waals surface area (Å²) in [5.41, 5.74) is -0.335. The van der Waals surface area contributed by atoms with Gasteiger partial charge in [0.1, 0.15) is 43.4 Å². The van der Waals surface area contributed by atoms with Gasteiger partial charge in [-0.1, -0.05) is 41.5 Å². The number of ether oxygens (including phenoxy) is 2. The van der Waals surface area contributed by atoms with E-state index in [9.17, 15) is 50.4 Å². The molecule has 0 fully saturated rings. The number of halogens is 12. The number of imidazole rings is 2. The van der Waals surface area contributed by atoms with Crippen LogP contribution in [-0.2, 0) is 36.7 Å². The number of aliphatic imine (C=N–C) groups is 2. The van der Waals surface area contributed by atoms with Crippen LogP contribution in [0.2, 0.25) is 0 Å². The van der Waals surface area contributed by atoms with E-state index in [4.69, 9.17) is 19.5 Å². The van der Waals surface area contributed by atoms with E-state index in [0.717, 1.165) is 63.4 Å². The van der Waals surface area contributed by atoms with E-state index >= 15 is 0 Å². The molecule has 0 saturated carbocycles. The van der Waals surface area contributed by atoms with Crippen LogP contribution in [0.25, 0.3) is 0 Å². The van der Waals surface area contributed by atoms with E-state index in [-0.39, 0.29) is 22.9 Å². The molecule has 0 saturated heterocycles. The van der Waals surface area contributed by atoms with E-state index in [1.165, 1.54) is 11.6 Å². The Morgan fingerprint density at radius 2 is 0.891 bits per heavy atom. The SMILES string of the molecule is Cc1n(CCCCC(CCCCn2cc[n+](C)c2C)(C2=N[C@@H](C(C)(C)C)CO2)C2=N[C@@H](C(C)(C)C)CO2)cc[n+]1C.F[P-](F)(F)(F)(F)F.F[P-](F)(F)(F)(F)F. The van der Waals surface area contributed by atoms with Gasteiger partial charge in [-0.3, -0.25) is 0 Å². The van der Waals surface area contributed by atoms with E-state index < -0.39 is 21.0 Å². The van der Waals surface area contributed by atoms with Crippen LogP contribution in [0, 0.1) is 30.1 Å². The third-order valence-corrected chi connectivity index (χ3v) is 9.42. The van der Waals surface area contributed by atoms with Gasteiger partial charge in [-0.15, -0.1) is 0 Å². The van der Waals surface area contributed by atoms with Crippen LogP contribution in [0.5, 0.6) is 0 Å². The average Bonchev–Trinajstić information content (AvgIpc) is 3.75. The van der Waals surface area contributed by atoms with Crippen molar-refractivity contribution in [2.24, 2.45) is 40.3 Å². The fraction of sp³-hybridized carbons (Fsp3) is 0.758. The second-order valence-corrected chi connectivity index (χ2v) is 20.3. The van der Waals surface area contributed by atoms with Crippen LogP contribution in [0.3, 0.4) is 0 Å². The number of aryl methyl sites for hydroxylation is 4. The molecule has 0 spiro atoms. The Labute approximate surface area is 314 Å². The molecule has 0 radical (unpaired) electrons. The Bertz CT molecular complexity index is 1540. The molecule has 0 aromatic carbocycles. The van der Waals surface area contributed by atoms with Crippen molar-refractivity contribution in [2.45, 2.75) is 119 Å². The molecule has 324 valence electrons. The van der Waals surface area contributed by atoms with Gasteiger partial charge in [0, 0.05) is 13.8 Å². The van der Waals surface area contributed by atoms with Crippen LogP contribution in [0.4, 0.5) is 50.4 Å². The fourth-order valence-electron chi connectivity index (χ4n) is 5.89. The standard InChI is InChI=1S/C33H56N6O2.2F6P/c1-25-36(9)19-21-38(25)17-13-11-15-33(29-34-27(23-40-29)31(3,4)5,30-35-28(24-41-30)32(6,7)8)16-12-14-18-39-22-20-37(10)26(39)2;2*1-7(2,3,4,5)6/h19-22,27-28H,11-18,23-24H2,1-10H3;;/q+2;2*-1/t27-,28-;;/m1../s1. The first kappa shape index (κ1) is 48.5. The van der Waals surface area contributed by atoms with Crippen LogP contribution in [0.1, 0.15) is 91.7 Å². The van der Waals surface area contributed by atoms with Crippen LogP contribution < -0.4 is 9.13 Å². The quantitative estimate of drug-likeness (QED) is 0.0924. The Hall–Kier alpha value is -2.62. The van der Waals surface area contributed by atoms with Gasteiger partial charge in [0.15, 0.2) is 11.8 Å². The summed E-state index contributed by atoms with van der Waals surface area (Å²) in [4.78, 5) is 10.6. The number of aromatic nitrogens is 4. The van der Waals surface area contributed by atoms with Gasteiger partial charge >= 0.3 is 66.0 Å². The summed E-state index contributed by atoms with van der Waals surface area (Å²) in [5, 5.41) is 0. The zero-order chi connectivity index (χ0) is 42.8. The van der Waals surface area contributed by atoms with Crippen molar-refractivity contribution in [3.63, 3.8) is 0 Å². The summed E-state index contributed by atoms with van der Waals surface area (Å²) >= 11 is 0. The van der Waals surface area contributed by atoms with E-state index in [1.807, 2.05) is 0 Å². The summed E-state index contributed by atoms with van der Waals surface area (Å²) in [6, 6.07) is 0.282. The third-order valence-electron chi connectivity index (χ3n) is 9.42. The molecule has 0 aliphatic carbocycles. The molecule has 8 nitrogen and oxygen atoms in total. The normalized spacial score (nSPS) is 20.6. The first-order valence-electron chi connectivity index (χ1n) is 17.7. The molecule has 2 aromatic heterocycles. The first-order valence-corrected chi connectivity index (χ1v) is 21.8. The van der Waals surface area contributed by atoms with Gasteiger partial charge in [-0.2, -0.15) is 0 Å². The minimum atomic E-state index is -10.7. The molecule has 55 heavy (non-hydrogen) atoms. The Morgan fingerprint density at radius 1 is 0.600 bits per heavy atom. The number of unbranched alkanes of at least 4 members (excludes halogenated alkanes) is 2. The fourth-order valence-corrected chi connectivity index (χ4v) is 5.89. The van der Waals surface area contributed by atoms with Crippen LogP contribution >= 0.6 is 15.6 Å². The molecular weight excluding hydrogens is 802 g/mol. The van der Waals surface area contributed by atoms with E-state index in [1.54, 1.807) is 0 Å². The van der Waals surface area contributed by atoms with Crippen molar-refractivity contribution in [1.29, 1.82) is 0 Å². The van der Waals surface area contributed by atoms with Gasteiger partial charge < -0.3 is 9.47 Å². The van der Waals surface area contributed by atoms with Crippen LogP contribution in [0.15, 0.2) is 34.8 Å². The van der Waals surface area contributed by atoms with Crippen molar-refractivity contribution >= 4 is 27.4 Å². The number of rotatable bonds is 12. The topological polar surface area (TPSA) is 60.8 Å². The van der Waals surface area contributed by atoms with Gasteiger partial charge in [0.2, 0.25) is 0 Å². The molecule has 4 heterocycles. The summed E-state index contributed by atoms with van der Waals surface area (Å²) in [6.45, 7) is 21.2. The molecule has 2 aromatic rings. The predicted octanol–water partition coefficient (Wildman–Crippen LogP) is 12.0. The maximum atomic E-state index is 9.87. The van der Waals surface area contributed by atoms with Gasteiger partial charge in [0.25, 0.3) is 11.6 Å². The molecule has 0 unspecified atom stereocenters. The molecule has 22 heteroatoms. The van der Waals surface area contributed by atoms with Gasteiger partial charge in [-0.25, -0.2) is 28.3 Å². The molecule has 0 N–H and O–H groups in total. The zero-order valence-corrected chi connectivity index (χ0v) is 34.8. The molecule has 2 aliphatic heterocycles. The van der Waals surface area contributed by atoms with Crippen molar-refractivity contribution in [3.8, 4) is 0 Å². The molecule has 4 rings (SSSR count). The summed E-state index contributed by atoms with van der Waals surface area (Å²) in [6.07, 6.45) is 14.8. The molecular formula is C33H56F12N6O2P2. The number of hydrogen-bond donors (Lipinski definition) is 0. The average molecular weight is 859 g/mol. The van der Waals surface area contributed by atoms with E-state index in [0.29, 0.717) is 13.2 Å². The number of nitrogens with zero attached hydrogens (tertiary/aromatic N) is 6. The minimum absolute atomic E-state index is 0.0444. The van der Waals surface area contributed by atoms with Crippen LogP contribution in [-0.4, -0.2) is 46.2 Å². The van der Waals surface area contributed by atoms with Crippen molar-refractivity contribution < 1.29 is 69.0 Å². The van der Waals surface area contributed by atoms with E-state index in [2.05, 4.69) is 113 Å². The monoisotopic (exact) mass is 858 g/mol. The summed E-state index contributed by atoms with van der Waals surface area (Å²) in [5.74, 6) is 4.27. The molecule has 0 bridgehead atoms. The third kappa shape index (κ3) is 18.9. The summed E-state index contributed by atoms with van der Waals surface area (Å²) < 4.78 is 141.